The molecule has 45 heavy (non-hydrogen) atoms. The summed E-state index contributed by atoms with van der Waals surface area (Å²) in [6, 6.07) is 17.8. The predicted molar refractivity (Wildman–Crippen MR) is 174 cm³/mol. The van der Waals surface area contributed by atoms with Crippen LogP contribution in [0.25, 0.3) is 21.7 Å². The Morgan fingerprint density at radius 1 is 0.867 bits per heavy atom. The number of rotatable bonds is 13. The minimum absolute atomic E-state index is 0.143. The van der Waals surface area contributed by atoms with Gasteiger partial charge in [-0.05, 0) is 37.1 Å². The second-order valence-electron chi connectivity index (χ2n) is 10.6. The molecule has 5 rings (SSSR count). The van der Waals surface area contributed by atoms with Crippen LogP contribution in [0, 0.1) is 0 Å². The van der Waals surface area contributed by atoms with Gasteiger partial charge in [0.25, 0.3) is 5.91 Å². The number of anilines is 2. The summed E-state index contributed by atoms with van der Waals surface area (Å²) in [6.07, 6.45) is 8.77. The lowest BCUT2D eigenvalue weighted by molar-refractivity contribution is -0.134. The first kappa shape index (κ1) is 31.5. The molecule has 5 aromatic rings. The number of sulfonamides is 1. The second-order valence-corrected chi connectivity index (χ2v) is 12.4. The third kappa shape index (κ3) is 7.78. The summed E-state index contributed by atoms with van der Waals surface area (Å²) in [4.78, 5) is 39.8. The van der Waals surface area contributed by atoms with Crippen LogP contribution < -0.4 is 19.7 Å². The van der Waals surface area contributed by atoms with E-state index >= 15 is 0 Å². The highest BCUT2D eigenvalue weighted by atomic mass is 32.2. The molecule has 3 aromatic carbocycles. The number of aromatic nitrogens is 3. The van der Waals surface area contributed by atoms with Gasteiger partial charge in [0.05, 0.1) is 22.3 Å². The molecule has 0 unspecified atom stereocenters. The van der Waals surface area contributed by atoms with Crippen molar-refractivity contribution in [1.82, 2.24) is 19.7 Å². The fourth-order valence-electron chi connectivity index (χ4n) is 5.03. The average Bonchev–Trinajstić information content (AvgIpc) is 3.04. The number of amides is 1. The molecule has 232 valence electrons. The minimum atomic E-state index is -3.69. The smallest absolute Gasteiger partial charge is 0.311 e. The number of carbonyl (C=O) groups excluding carboxylic acids is 2. The number of nitrogens with zero attached hydrogens (tertiary/aromatic N) is 4. The predicted octanol–water partition coefficient (Wildman–Crippen LogP) is 5.33. The van der Waals surface area contributed by atoms with Crippen LogP contribution in [0.4, 0.5) is 11.4 Å². The molecule has 11 nitrogen and oxygen atoms in total. The Hall–Kier alpha value is -4.94. The highest BCUT2D eigenvalue weighted by Gasteiger charge is 2.18. The van der Waals surface area contributed by atoms with Gasteiger partial charge in [-0.25, -0.2) is 18.1 Å². The molecule has 2 N–H and O–H groups in total. The first-order valence-electron chi connectivity index (χ1n) is 14.6. The summed E-state index contributed by atoms with van der Waals surface area (Å²) in [5.41, 5.74) is 2.02. The van der Waals surface area contributed by atoms with Gasteiger partial charge < -0.3 is 15.0 Å². The van der Waals surface area contributed by atoms with Crippen LogP contribution in [0.1, 0.15) is 42.6 Å². The van der Waals surface area contributed by atoms with Crippen LogP contribution in [0.15, 0.2) is 90.3 Å². The lowest BCUT2D eigenvalue weighted by Crippen LogP contribution is -2.25. The summed E-state index contributed by atoms with van der Waals surface area (Å²) >= 11 is 0. The van der Waals surface area contributed by atoms with E-state index in [1.807, 2.05) is 49.3 Å². The van der Waals surface area contributed by atoms with E-state index in [2.05, 4.69) is 25.0 Å². The molecule has 1 amide bonds. The number of hydrogen-bond acceptors (Lipinski definition) is 9. The average molecular weight is 627 g/mol. The molecule has 2 aromatic heterocycles. The Bertz CT molecular complexity index is 1930. The monoisotopic (exact) mass is 626 g/mol. The van der Waals surface area contributed by atoms with E-state index in [0.717, 1.165) is 23.9 Å². The summed E-state index contributed by atoms with van der Waals surface area (Å²) < 4.78 is 34.5. The van der Waals surface area contributed by atoms with Gasteiger partial charge in [0, 0.05) is 73.6 Å². The lowest BCUT2D eigenvalue weighted by atomic mass is 10.1. The van der Waals surface area contributed by atoms with Crippen molar-refractivity contribution in [2.45, 2.75) is 37.0 Å². The Morgan fingerprint density at radius 3 is 2.47 bits per heavy atom. The van der Waals surface area contributed by atoms with Gasteiger partial charge in [0.1, 0.15) is 11.4 Å². The molecular weight excluding hydrogens is 592 g/mol. The van der Waals surface area contributed by atoms with Gasteiger partial charge in [-0.1, -0.05) is 43.2 Å². The van der Waals surface area contributed by atoms with Crippen molar-refractivity contribution in [3.63, 3.8) is 0 Å². The summed E-state index contributed by atoms with van der Waals surface area (Å²) in [5, 5.41) is 5.03. The van der Waals surface area contributed by atoms with Crippen LogP contribution >= 0.6 is 0 Å². The molecule has 2 heterocycles. The van der Waals surface area contributed by atoms with Crippen LogP contribution in [0.2, 0.25) is 0 Å². The maximum atomic E-state index is 13.1. The molecular formula is C33H34N6O5S. The third-order valence-electron chi connectivity index (χ3n) is 7.18. The number of unbranched alkanes of at least 4 members (excludes halogenated alkanes) is 3. The van der Waals surface area contributed by atoms with Gasteiger partial charge in [-0.3, -0.25) is 19.6 Å². The van der Waals surface area contributed by atoms with Crippen molar-refractivity contribution < 1.29 is 22.7 Å². The zero-order chi connectivity index (χ0) is 31.8. The standard InChI is InChI=1S/C33H34N6O5S/c1-39(2)29-13-7-12-26-25(29)11-8-14-30(26)45(42,43)37-17-6-4-3-5-15-31(40)44-24-20-23-10-9-16-36-32(23)27(21-24)38-33(41)28-22-34-18-19-35-28/h7-14,16,18-22,37H,3-6,15,17H2,1-2H3,(H,38,41). The maximum Gasteiger partial charge on any atom is 0.311 e. The molecule has 0 spiro atoms. The molecule has 0 aliphatic carbocycles. The molecule has 0 aliphatic heterocycles. The van der Waals surface area contributed by atoms with E-state index in [9.17, 15) is 18.0 Å². The van der Waals surface area contributed by atoms with Crippen molar-refractivity contribution >= 4 is 54.9 Å². The van der Waals surface area contributed by atoms with Crippen molar-refractivity contribution in [1.29, 1.82) is 0 Å². The SMILES string of the molecule is CN(C)c1cccc2c(S(=O)(=O)NCCCCCCC(=O)Oc3cc(NC(=O)c4cnccn4)c4ncccc4c3)cccc12. The van der Waals surface area contributed by atoms with Crippen molar-refractivity contribution in [3.05, 3.63) is 91.1 Å². The largest absolute Gasteiger partial charge is 0.426 e. The number of carbonyl (C=O) groups is 2. The topological polar surface area (TPSA) is 143 Å². The quantitative estimate of drug-likeness (QED) is 0.101. The molecule has 0 radical (unpaired) electrons. The van der Waals surface area contributed by atoms with Gasteiger partial charge in [-0.15, -0.1) is 0 Å². The number of benzene rings is 3. The molecule has 0 aliphatic rings. The van der Waals surface area contributed by atoms with E-state index in [4.69, 9.17) is 4.74 Å². The molecule has 0 saturated heterocycles. The Labute approximate surface area is 261 Å². The minimum Gasteiger partial charge on any atom is -0.426 e. The molecule has 0 saturated carbocycles. The molecule has 12 heteroatoms. The highest BCUT2D eigenvalue weighted by Crippen LogP contribution is 2.31. The lowest BCUT2D eigenvalue weighted by Gasteiger charge is -2.17. The molecule has 0 fully saturated rings. The van der Waals surface area contributed by atoms with Crippen molar-refractivity contribution in [2.24, 2.45) is 0 Å². The van der Waals surface area contributed by atoms with E-state index < -0.39 is 21.9 Å². The fourth-order valence-corrected chi connectivity index (χ4v) is 6.32. The van der Waals surface area contributed by atoms with Gasteiger partial charge in [-0.2, -0.15) is 0 Å². The van der Waals surface area contributed by atoms with Crippen LogP contribution in [0.3, 0.4) is 0 Å². The second kappa shape index (κ2) is 14.2. The van der Waals surface area contributed by atoms with E-state index in [1.54, 1.807) is 36.5 Å². The van der Waals surface area contributed by atoms with E-state index in [0.29, 0.717) is 41.4 Å². The Balaban J connectivity index is 1.10. The van der Waals surface area contributed by atoms with Crippen molar-refractivity contribution in [3.8, 4) is 5.75 Å². The van der Waals surface area contributed by atoms with E-state index in [1.165, 1.54) is 18.6 Å². The number of fused-ring (bicyclic) bond motifs is 2. The normalized spacial score (nSPS) is 11.4. The van der Waals surface area contributed by atoms with E-state index in [-0.39, 0.29) is 22.8 Å². The first-order chi connectivity index (χ1) is 21.7. The zero-order valence-corrected chi connectivity index (χ0v) is 25.9. The Kier molecular flexibility index (Phi) is 9.95. The highest BCUT2D eigenvalue weighted by molar-refractivity contribution is 7.89. The van der Waals surface area contributed by atoms with Crippen molar-refractivity contribution in [2.75, 3.05) is 30.9 Å². The number of hydrogen-bond donors (Lipinski definition) is 2. The summed E-state index contributed by atoms with van der Waals surface area (Å²) in [6.45, 7) is 0.296. The number of esters is 1. The molecule has 0 atom stereocenters. The van der Waals surface area contributed by atoms with Crippen LogP contribution in [0.5, 0.6) is 5.75 Å². The van der Waals surface area contributed by atoms with Gasteiger partial charge in [0.15, 0.2) is 0 Å². The number of nitrogens with one attached hydrogen (secondary N) is 2. The summed E-state index contributed by atoms with van der Waals surface area (Å²) in [5.74, 6) is -0.579. The zero-order valence-electron chi connectivity index (χ0n) is 25.1. The van der Waals surface area contributed by atoms with Gasteiger partial charge >= 0.3 is 5.97 Å². The number of pyridine rings is 1. The number of ether oxygens (including phenoxy) is 1. The third-order valence-corrected chi connectivity index (χ3v) is 8.70. The Morgan fingerprint density at radius 2 is 1.67 bits per heavy atom. The fraction of sp³-hybridized carbons (Fsp3) is 0.242. The maximum absolute atomic E-state index is 13.1. The van der Waals surface area contributed by atoms with Crippen LogP contribution in [-0.2, 0) is 14.8 Å². The van der Waals surface area contributed by atoms with Crippen LogP contribution in [-0.4, -0.2) is 55.9 Å². The van der Waals surface area contributed by atoms with Gasteiger partial charge in [0.2, 0.25) is 10.0 Å². The first-order valence-corrected chi connectivity index (χ1v) is 16.1. The summed E-state index contributed by atoms with van der Waals surface area (Å²) in [7, 11) is 0.161. The molecule has 0 bridgehead atoms.